The van der Waals surface area contributed by atoms with Crippen molar-refractivity contribution in [1.82, 2.24) is 19.9 Å². The molecule has 5 rings (SSSR count). The third kappa shape index (κ3) is 3.76. The lowest BCUT2D eigenvalue weighted by atomic mass is 10.1. The molecule has 0 radical (unpaired) electrons. The van der Waals surface area contributed by atoms with Crippen molar-refractivity contribution in [2.45, 2.75) is 12.5 Å². The van der Waals surface area contributed by atoms with Crippen LogP contribution in [0.1, 0.15) is 12.5 Å². The van der Waals surface area contributed by atoms with Gasteiger partial charge in [-0.15, -0.1) is 5.10 Å². The Morgan fingerprint density at radius 1 is 1.00 bits per heavy atom. The molecule has 30 heavy (non-hydrogen) atoms. The van der Waals surface area contributed by atoms with E-state index in [-0.39, 0.29) is 18.6 Å². The van der Waals surface area contributed by atoms with E-state index in [2.05, 4.69) is 16.4 Å². The van der Waals surface area contributed by atoms with Crippen molar-refractivity contribution in [3.8, 4) is 17.0 Å². The zero-order valence-electron chi connectivity index (χ0n) is 16.5. The third-order valence-electron chi connectivity index (χ3n) is 5.55. The van der Waals surface area contributed by atoms with Crippen LogP contribution in [-0.4, -0.2) is 45.5 Å². The van der Waals surface area contributed by atoms with Crippen molar-refractivity contribution in [2.24, 2.45) is 0 Å². The Morgan fingerprint density at radius 2 is 1.80 bits per heavy atom. The molecule has 0 saturated carbocycles. The average molecular weight is 398 g/mol. The second kappa shape index (κ2) is 7.99. The van der Waals surface area contributed by atoms with Crippen LogP contribution in [0.4, 0.5) is 0 Å². The molecule has 0 spiro atoms. The first-order valence-electron chi connectivity index (χ1n) is 10.1. The average Bonchev–Trinajstić information content (AvgIpc) is 3.48. The highest BCUT2D eigenvalue weighted by Gasteiger charge is 2.28. The minimum Gasteiger partial charge on any atom is -0.484 e. The number of hydrogen-bond acceptors (Lipinski definition) is 4. The van der Waals surface area contributed by atoms with Gasteiger partial charge in [0.2, 0.25) is 0 Å². The van der Waals surface area contributed by atoms with Gasteiger partial charge in [-0.3, -0.25) is 4.79 Å². The quantitative estimate of drug-likeness (QED) is 0.511. The lowest BCUT2D eigenvalue weighted by Gasteiger charge is -2.17. The summed E-state index contributed by atoms with van der Waals surface area (Å²) in [5.41, 5.74) is 1.89. The van der Waals surface area contributed by atoms with Gasteiger partial charge in [-0.25, -0.2) is 4.68 Å². The number of rotatable bonds is 5. The van der Waals surface area contributed by atoms with Crippen molar-refractivity contribution in [1.29, 1.82) is 0 Å². The smallest absolute Gasteiger partial charge is 0.260 e. The highest BCUT2D eigenvalue weighted by molar-refractivity contribution is 5.84. The van der Waals surface area contributed by atoms with Crippen molar-refractivity contribution in [2.75, 3.05) is 19.7 Å². The maximum Gasteiger partial charge on any atom is 0.260 e. The number of hydrogen-bond donors (Lipinski definition) is 0. The summed E-state index contributed by atoms with van der Waals surface area (Å²) in [7, 11) is 0. The van der Waals surface area contributed by atoms with Gasteiger partial charge in [-0.1, -0.05) is 65.9 Å². The van der Waals surface area contributed by atoms with Crippen LogP contribution in [0.5, 0.6) is 5.75 Å². The minimum absolute atomic E-state index is 0.00550. The Balaban J connectivity index is 1.19. The molecule has 6 nitrogen and oxygen atoms in total. The van der Waals surface area contributed by atoms with Gasteiger partial charge in [0, 0.05) is 18.7 Å². The number of ether oxygens (including phenoxy) is 1. The fourth-order valence-corrected chi connectivity index (χ4v) is 3.87. The molecule has 6 heteroatoms. The van der Waals surface area contributed by atoms with Crippen LogP contribution in [0.15, 0.2) is 79.0 Å². The molecule has 4 aromatic rings. The van der Waals surface area contributed by atoms with E-state index in [0.717, 1.165) is 28.5 Å². The van der Waals surface area contributed by atoms with E-state index < -0.39 is 0 Å². The summed E-state index contributed by atoms with van der Waals surface area (Å²) in [4.78, 5) is 14.5. The summed E-state index contributed by atoms with van der Waals surface area (Å²) in [5, 5.41) is 10.8. The summed E-state index contributed by atoms with van der Waals surface area (Å²) in [6, 6.07) is 24.1. The minimum atomic E-state index is -0.00550. The summed E-state index contributed by atoms with van der Waals surface area (Å²) < 4.78 is 7.64. The maximum absolute atomic E-state index is 12.6. The van der Waals surface area contributed by atoms with E-state index in [4.69, 9.17) is 4.74 Å². The van der Waals surface area contributed by atoms with Crippen LogP contribution in [0, 0.1) is 0 Å². The van der Waals surface area contributed by atoms with E-state index in [9.17, 15) is 4.79 Å². The van der Waals surface area contributed by atoms with Crippen molar-refractivity contribution < 1.29 is 9.53 Å². The molecule has 1 fully saturated rings. The second-order valence-electron chi connectivity index (χ2n) is 7.53. The van der Waals surface area contributed by atoms with Crippen LogP contribution in [0.25, 0.3) is 22.0 Å². The molecule has 1 saturated heterocycles. The number of benzene rings is 3. The predicted molar refractivity (Wildman–Crippen MR) is 115 cm³/mol. The van der Waals surface area contributed by atoms with Crippen LogP contribution < -0.4 is 4.74 Å². The third-order valence-corrected chi connectivity index (χ3v) is 5.55. The number of nitrogens with zero attached hydrogens (tertiary/aromatic N) is 4. The fraction of sp³-hybridized carbons (Fsp3) is 0.208. The Labute approximate surface area is 174 Å². The van der Waals surface area contributed by atoms with Gasteiger partial charge in [0.15, 0.2) is 6.61 Å². The first kappa shape index (κ1) is 18.4. The lowest BCUT2D eigenvalue weighted by Crippen LogP contribution is -2.33. The molecule has 1 atom stereocenters. The fourth-order valence-electron chi connectivity index (χ4n) is 3.87. The highest BCUT2D eigenvalue weighted by Crippen LogP contribution is 2.24. The summed E-state index contributed by atoms with van der Waals surface area (Å²) in [6.07, 6.45) is 2.82. The van der Waals surface area contributed by atoms with Crippen molar-refractivity contribution in [3.05, 3.63) is 79.0 Å². The molecule has 0 bridgehead atoms. The Kier molecular flexibility index (Phi) is 4.89. The molecule has 1 aliphatic heterocycles. The topological polar surface area (TPSA) is 60.2 Å². The Morgan fingerprint density at radius 3 is 2.67 bits per heavy atom. The zero-order valence-corrected chi connectivity index (χ0v) is 16.5. The molecular weight excluding hydrogens is 376 g/mol. The van der Waals surface area contributed by atoms with Gasteiger partial charge >= 0.3 is 0 Å². The van der Waals surface area contributed by atoms with E-state index in [1.165, 1.54) is 0 Å². The van der Waals surface area contributed by atoms with Crippen molar-refractivity contribution in [3.63, 3.8) is 0 Å². The molecule has 3 aromatic carbocycles. The van der Waals surface area contributed by atoms with Crippen molar-refractivity contribution >= 4 is 16.7 Å². The molecule has 150 valence electrons. The summed E-state index contributed by atoms with van der Waals surface area (Å²) >= 11 is 0. The summed E-state index contributed by atoms with van der Waals surface area (Å²) in [5.74, 6) is 0.704. The number of aromatic nitrogens is 3. The Hall–Kier alpha value is -3.67. The highest BCUT2D eigenvalue weighted by atomic mass is 16.5. The van der Waals surface area contributed by atoms with Gasteiger partial charge < -0.3 is 9.64 Å². The molecule has 1 aromatic heterocycles. The van der Waals surface area contributed by atoms with Crippen LogP contribution in [-0.2, 0) is 4.79 Å². The van der Waals surface area contributed by atoms with Gasteiger partial charge in [-0.2, -0.15) is 0 Å². The van der Waals surface area contributed by atoms with E-state index in [1.54, 1.807) is 0 Å². The van der Waals surface area contributed by atoms with Gasteiger partial charge in [0.05, 0.1) is 12.2 Å². The van der Waals surface area contributed by atoms with E-state index in [0.29, 0.717) is 18.8 Å². The molecule has 1 amide bonds. The van der Waals surface area contributed by atoms with Gasteiger partial charge in [0.25, 0.3) is 5.91 Å². The number of amides is 1. The van der Waals surface area contributed by atoms with Crippen LogP contribution in [0.2, 0.25) is 0 Å². The number of likely N-dealkylation sites (tertiary alicyclic amines) is 1. The molecular formula is C24H22N4O2. The van der Waals surface area contributed by atoms with E-state index >= 15 is 0 Å². The second-order valence-corrected chi connectivity index (χ2v) is 7.53. The zero-order chi connectivity index (χ0) is 20.3. The predicted octanol–water partition coefficient (Wildman–Crippen LogP) is 3.95. The SMILES string of the molecule is O=C(COc1ccc2ccccc2c1)N1CCC(n2cc(-c3ccccc3)nn2)C1. The van der Waals surface area contributed by atoms with Crippen LogP contribution in [0.3, 0.4) is 0 Å². The number of carbonyl (C=O) groups is 1. The molecule has 0 N–H and O–H groups in total. The molecule has 1 aliphatic rings. The first-order chi connectivity index (χ1) is 14.8. The Bertz CT molecular complexity index is 1170. The molecule has 0 aliphatic carbocycles. The largest absolute Gasteiger partial charge is 0.484 e. The maximum atomic E-state index is 12.6. The van der Waals surface area contributed by atoms with Crippen LogP contribution >= 0.6 is 0 Å². The lowest BCUT2D eigenvalue weighted by molar-refractivity contribution is -0.132. The number of carbonyl (C=O) groups excluding carboxylic acids is 1. The normalized spacial score (nSPS) is 16.1. The molecule has 1 unspecified atom stereocenters. The van der Waals surface area contributed by atoms with E-state index in [1.807, 2.05) is 82.5 Å². The summed E-state index contributed by atoms with van der Waals surface area (Å²) in [6.45, 7) is 1.36. The standard InChI is InChI=1S/C24H22N4O2/c29-24(17-30-22-11-10-18-6-4-5-9-20(18)14-22)27-13-12-21(15-27)28-16-23(25-26-28)19-7-2-1-3-8-19/h1-11,14,16,21H,12-13,15,17H2. The number of fused-ring (bicyclic) bond motifs is 1. The van der Waals surface area contributed by atoms with Gasteiger partial charge in [0.1, 0.15) is 11.4 Å². The first-order valence-corrected chi connectivity index (χ1v) is 10.1. The molecule has 2 heterocycles. The van der Waals surface area contributed by atoms with Gasteiger partial charge in [-0.05, 0) is 29.3 Å². The monoisotopic (exact) mass is 398 g/mol.